The normalized spacial score (nSPS) is 17.4. The third kappa shape index (κ3) is 4.76. The van der Waals surface area contributed by atoms with Crippen LogP contribution in [0.25, 0.3) is 0 Å². The molecule has 6 nitrogen and oxygen atoms in total. The third-order valence-corrected chi connectivity index (χ3v) is 7.19. The first kappa shape index (κ1) is 20.0. The predicted molar refractivity (Wildman–Crippen MR) is 105 cm³/mol. The minimum absolute atomic E-state index is 0.0302. The van der Waals surface area contributed by atoms with Gasteiger partial charge in [0.2, 0.25) is 10.0 Å². The number of thiophene rings is 1. The molecule has 0 radical (unpaired) electrons. The maximum atomic E-state index is 13.2. The van der Waals surface area contributed by atoms with Crippen molar-refractivity contribution in [2.24, 2.45) is 0 Å². The van der Waals surface area contributed by atoms with Crippen molar-refractivity contribution in [1.29, 1.82) is 0 Å². The molecule has 2 heterocycles. The van der Waals surface area contributed by atoms with Crippen LogP contribution in [-0.4, -0.2) is 56.9 Å². The van der Waals surface area contributed by atoms with Gasteiger partial charge in [0.25, 0.3) is 5.91 Å². The van der Waals surface area contributed by atoms with E-state index in [1.165, 1.54) is 26.2 Å². The highest BCUT2D eigenvalue weighted by atomic mass is 32.2. The van der Waals surface area contributed by atoms with Crippen LogP contribution in [0, 0.1) is 0 Å². The summed E-state index contributed by atoms with van der Waals surface area (Å²) >= 11 is 1.60. The molecule has 8 heteroatoms. The van der Waals surface area contributed by atoms with Crippen LogP contribution in [0.2, 0.25) is 0 Å². The highest BCUT2D eigenvalue weighted by Gasteiger charge is 2.25. The Balaban J connectivity index is 1.86. The summed E-state index contributed by atoms with van der Waals surface area (Å²) in [7, 11) is -0.638. The topological polar surface area (TPSA) is 66.9 Å². The second-order valence-corrected chi connectivity index (χ2v) is 9.90. The Morgan fingerprint density at radius 2 is 2.07 bits per heavy atom. The zero-order valence-corrected chi connectivity index (χ0v) is 17.1. The molecule has 1 fully saturated rings. The Bertz CT molecular complexity index is 873. The monoisotopic (exact) mass is 408 g/mol. The van der Waals surface area contributed by atoms with Gasteiger partial charge in [0.15, 0.2) is 0 Å². The molecule has 1 atom stereocenters. The Labute approximate surface area is 164 Å². The van der Waals surface area contributed by atoms with Crippen molar-refractivity contribution in [3.8, 4) is 0 Å². The molecule has 0 spiro atoms. The molecule has 1 aromatic carbocycles. The van der Waals surface area contributed by atoms with E-state index in [1.807, 2.05) is 17.5 Å². The van der Waals surface area contributed by atoms with Crippen molar-refractivity contribution in [3.05, 3.63) is 52.2 Å². The van der Waals surface area contributed by atoms with Gasteiger partial charge in [-0.05, 0) is 42.5 Å². The molecule has 146 valence electrons. The van der Waals surface area contributed by atoms with Crippen LogP contribution < -0.4 is 0 Å². The molecule has 1 aliphatic heterocycles. The zero-order chi connectivity index (χ0) is 19.4. The van der Waals surface area contributed by atoms with Gasteiger partial charge < -0.3 is 9.64 Å². The molecular weight excluding hydrogens is 384 g/mol. The number of carbonyl (C=O) groups excluding carboxylic acids is 1. The fourth-order valence-electron chi connectivity index (χ4n) is 3.03. The largest absolute Gasteiger partial charge is 0.376 e. The number of carbonyl (C=O) groups is 1. The summed E-state index contributed by atoms with van der Waals surface area (Å²) in [5, 5.41) is 1.98. The fourth-order valence-corrected chi connectivity index (χ4v) is 4.69. The van der Waals surface area contributed by atoms with Crippen molar-refractivity contribution < 1.29 is 17.9 Å². The van der Waals surface area contributed by atoms with Crippen molar-refractivity contribution in [3.63, 3.8) is 0 Å². The quantitative estimate of drug-likeness (QED) is 0.707. The molecule has 0 aliphatic carbocycles. The second kappa shape index (κ2) is 8.52. The first-order chi connectivity index (χ1) is 12.9. The van der Waals surface area contributed by atoms with E-state index in [1.54, 1.807) is 28.4 Å². The van der Waals surface area contributed by atoms with E-state index in [0.29, 0.717) is 18.7 Å². The van der Waals surface area contributed by atoms with E-state index in [0.717, 1.165) is 28.6 Å². The van der Waals surface area contributed by atoms with Crippen LogP contribution in [0.4, 0.5) is 0 Å². The smallest absolute Gasteiger partial charge is 0.254 e. The summed E-state index contributed by atoms with van der Waals surface area (Å²) in [6.45, 7) is 1.71. The molecule has 3 rings (SSSR count). The van der Waals surface area contributed by atoms with Crippen molar-refractivity contribution in [2.75, 3.05) is 27.2 Å². The molecule has 1 amide bonds. The molecule has 0 saturated carbocycles. The lowest BCUT2D eigenvalue weighted by atomic mass is 10.1. The summed E-state index contributed by atoms with van der Waals surface area (Å²) in [4.78, 5) is 16.1. The number of rotatable bonds is 7. The third-order valence-electron chi connectivity index (χ3n) is 4.52. The molecule has 1 aromatic heterocycles. The number of benzene rings is 1. The van der Waals surface area contributed by atoms with E-state index in [9.17, 15) is 13.2 Å². The Hall–Kier alpha value is -1.74. The van der Waals surface area contributed by atoms with Gasteiger partial charge in [-0.15, -0.1) is 11.3 Å². The van der Waals surface area contributed by atoms with Gasteiger partial charge in [-0.25, -0.2) is 12.7 Å². The molecular formula is C19H24N2O4S2. The van der Waals surface area contributed by atoms with Crippen molar-refractivity contribution >= 4 is 27.3 Å². The summed E-state index contributed by atoms with van der Waals surface area (Å²) in [6, 6.07) is 10.2. The first-order valence-electron chi connectivity index (χ1n) is 8.84. The Kier molecular flexibility index (Phi) is 6.31. The number of amides is 1. The number of sulfonamides is 1. The lowest BCUT2D eigenvalue weighted by molar-refractivity contribution is 0.0509. The fraction of sp³-hybridized carbons (Fsp3) is 0.421. The number of hydrogen-bond donors (Lipinski definition) is 0. The predicted octanol–water partition coefficient (Wildman–Crippen LogP) is 2.82. The standard InChI is InChI=1S/C19H24N2O4S2/c1-20(2)27(23,24)18-9-3-6-15(12-18)19(22)21(13-16-7-4-10-25-16)14-17-8-5-11-26-17/h3,5-6,8-9,11-12,16H,4,7,10,13-14H2,1-2H3/t16-/m0/s1. The molecule has 0 N–H and O–H groups in total. The average molecular weight is 409 g/mol. The molecule has 1 saturated heterocycles. The Morgan fingerprint density at radius 1 is 1.26 bits per heavy atom. The van der Waals surface area contributed by atoms with Crippen LogP contribution in [0.1, 0.15) is 28.1 Å². The SMILES string of the molecule is CN(C)S(=O)(=O)c1cccc(C(=O)N(Cc2cccs2)C[C@@H]2CCCO2)c1. The lowest BCUT2D eigenvalue weighted by Crippen LogP contribution is -2.36. The van der Waals surface area contributed by atoms with Gasteiger partial charge in [0, 0.05) is 37.7 Å². The van der Waals surface area contributed by atoms with Gasteiger partial charge in [0.05, 0.1) is 17.5 Å². The summed E-state index contributed by atoms with van der Waals surface area (Å²) in [6.07, 6.45) is 1.97. The van der Waals surface area contributed by atoms with Gasteiger partial charge in [-0.3, -0.25) is 4.79 Å². The highest BCUT2D eigenvalue weighted by Crippen LogP contribution is 2.21. The Morgan fingerprint density at radius 3 is 2.70 bits per heavy atom. The van der Waals surface area contributed by atoms with E-state index in [2.05, 4.69) is 0 Å². The molecule has 2 aromatic rings. The average Bonchev–Trinajstić information content (AvgIpc) is 3.34. The minimum atomic E-state index is -3.59. The molecule has 0 unspecified atom stereocenters. The van der Waals surface area contributed by atoms with Gasteiger partial charge in [-0.2, -0.15) is 0 Å². The van der Waals surface area contributed by atoms with E-state index >= 15 is 0 Å². The van der Waals surface area contributed by atoms with E-state index in [-0.39, 0.29) is 16.9 Å². The minimum Gasteiger partial charge on any atom is -0.376 e. The van der Waals surface area contributed by atoms with Crippen LogP contribution >= 0.6 is 11.3 Å². The summed E-state index contributed by atoms with van der Waals surface area (Å²) in [5.41, 5.74) is 0.368. The molecule has 1 aliphatic rings. The maximum absolute atomic E-state index is 13.2. The maximum Gasteiger partial charge on any atom is 0.254 e. The lowest BCUT2D eigenvalue weighted by Gasteiger charge is -2.25. The van der Waals surface area contributed by atoms with Crippen LogP contribution in [0.3, 0.4) is 0 Å². The van der Waals surface area contributed by atoms with Crippen molar-refractivity contribution in [2.45, 2.75) is 30.4 Å². The van der Waals surface area contributed by atoms with Crippen molar-refractivity contribution in [1.82, 2.24) is 9.21 Å². The zero-order valence-electron chi connectivity index (χ0n) is 15.5. The molecule has 27 heavy (non-hydrogen) atoms. The summed E-state index contributed by atoms with van der Waals surface area (Å²) in [5.74, 6) is -0.185. The highest BCUT2D eigenvalue weighted by molar-refractivity contribution is 7.89. The molecule has 0 bridgehead atoms. The van der Waals surface area contributed by atoms with Crippen LogP contribution in [0.5, 0.6) is 0 Å². The second-order valence-electron chi connectivity index (χ2n) is 6.72. The summed E-state index contributed by atoms with van der Waals surface area (Å²) < 4.78 is 31.6. The van der Waals surface area contributed by atoms with Gasteiger partial charge in [-0.1, -0.05) is 12.1 Å². The van der Waals surface area contributed by atoms with Crippen LogP contribution in [0.15, 0.2) is 46.7 Å². The van der Waals surface area contributed by atoms with E-state index in [4.69, 9.17) is 4.74 Å². The van der Waals surface area contributed by atoms with Crippen LogP contribution in [-0.2, 0) is 21.3 Å². The van der Waals surface area contributed by atoms with Gasteiger partial charge >= 0.3 is 0 Å². The van der Waals surface area contributed by atoms with E-state index < -0.39 is 10.0 Å². The first-order valence-corrected chi connectivity index (χ1v) is 11.2. The van der Waals surface area contributed by atoms with Gasteiger partial charge in [0.1, 0.15) is 0 Å². The number of nitrogens with zero attached hydrogens (tertiary/aromatic N) is 2. The number of hydrogen-bond acceptors (Lipinski definition) is 5. The number of ether oxygens (including phenoxy) is 1.